The first-order valence-electron chi connectivity index (χ1n) is 4.48. The van der Waals surface area contributed by atoms with E-state index in [9.17, 15) is 5.11 Å². The van der Waals surface area contributed by atoms with E-state index in [0.717, 1.165) is 18.4 Å². The van der Waals surface area contributed by atoms with Gasteiger partial charge < -0.3 is 5.11 Å². The van der Waals surface area contributed by atoms with E-state index in [4.69, 9.17) is 0 Å². The minimum Gasteiger partial charge on any atom is -0.385 e. The zero-order valence-corrected chi connectivity index (χ0v) is 7.65. The van der Waals surface area contributed by atoms with Crippen LogP contribution in [0, 0.1) is 0 Å². The largest absolute Gasteiger partial charge is 0.385 e. The minimum absolute atomic E-state index is 0.690. The molecule has 1 heteroatoms. The fraction of sp³-hybridized carbons (Fsp3) is 0.545. The molecule has 0 radical (unpaired) electrons. The summed E-state index contributed by atoms with van der Waals surface area (Å²) in [6, 6.07) is 0. The smallest absolute Gasteiger partial charge is 0.0877 e. The molecule has 0 aromatic rings. The zero-order valence-electron chi connectivity index (χ0n) is 7.65. The summed E-state index contributed by atoms with van der Waals surface area (Å²) in [5, 5.41) is 9.73. The maximum atomic E-state index is 9.73. The predicted molar refractivity (Wildman–Crippen MR) is 48.8 cm³/mol. The van der Waals surface area contributed by atoms with Crippen molar-refractivity contribution in [2.45, 2.75) is 38.7 Å². The summed E-state index contributed by atoms with van der Waals surface area (Å²) in [4.78, 5) is 0. The van der Waals surface area contributed by atoms with Crippen molar-refractivity contribution in [3.8, 4) is 0 Å². The van der Waals surface area contributed by atoms with Crippen molar-refractivity contribution in [1.82, 2.24) is 0 Å². The summed E-state index contributed by atoms with van der Waals surface area (Å²) < 4.78 is 0. The van der Waals surface area contributed by atoms with Crippen LogP contribution in [0.5, 0.6) is 0 Å². The van der Waals surface area contributed by atoms with Gasteiger partial charge in [-0.1, -0.05) is 6.08 Å². The van der Waals surface area contributed by atoms with Crippen LogP contribution in [0.25, 0.3) is 0 Å². The number of allylic oxidation sites excluding steroid dienone is 2. The second-order valence-electron chi connectivity index (χ2n) is 4.07. The lowest BCUT2D eigenvalue weighted by Crippen LogP contribution is -2.23. The Labute approximate surface area is 73.1 Å². The Morgan fingerprint density at radius 2 is 2.17 bits per heavy atom. The summed E-state index contributed by atoms with van der Waals surface area (Å²) in [6.45, 7) is 3.65. The highest BCUT2D eigenvalue weighted by Gasteiger charge is 2.24. The van der Waals surface area contributed by atoms with Gasteiger partial charge in [-0.05, 0) is 44.3 Å². The lowest BCUT2D eigenvalue weighted by Gasteiger charge is -2.27. The van der Waals surface area contributed by atoms with Gasteiger partial charge in [-0.15, -0.1) is 5.73 Å². The Morgan fingerprint density at radius 1 is 1.42 bits per heavy atom. The molecule has 0 heterocycles. The van der Waals surface area contributed by atoms with Gasteiger partial charge in [-0.2, -0.15) is 0 Å². The highest BCUT2D eigenvalue weighted by Crippen LogP contribution is 2.37. The molecule has 0 bridgehead atoms. The molecule has 2 aliphatic rings. The molecule has 1 saturated carbocycles. The molecule has 0 unspecified atom stereocenters. The van der Waals surface area contributed by atoms with Crippen LogP contribution in [-0.2, 0) is 0 Å². The SMILES string of the molecule is CC(C)(O)C1=C=C2CCC2=CC1. The first kappa shape index (κ1) is 7.85. The van der Waals surface area contributed by atoms with E-state index >= 15 is 0 Å². The van der Waals surface area contributed by atoms with Crippen molar-refractivity contribution < 1.29 is 5.11 Å². The molecule has 1 fully saturated rings. The third-order valence-electron chi connectivity index (χ3n) is 2.62. The number of hydrogen-bond acceptors (Lipinski definition) is 1. The average molecular weight is 162 g/mol. The van der Waals surface area contributed by atoms with Crippen molar-refractivity contribution in [2.24, 2.45) is 0 Å². The maximum Gasteiger partial charge on any atom is 0.0877 e. The Morgan fingerprint density at radius 3 is 2.58 bits per heavy atom. The van der Waals surface area contributed by atoms with Crippen LogP contribution >= 0.6 is 0 Å². The van der Waals surface area contributed by atoms with Crippen LogP contribution in [-0.4, -0.2) is 10.7 Å². The van der Waals surface area contributed by atoms with E-state index in [0.29, 0.717) is 0 Å². The lowest BCUT2D eigenvalue weighted by molar-refractivity contribution is 0.117. The van der Waals surface area contributed by atoms with E-state index in [2.05, 4.69) is 11.8 Å². The Hall–Kier alpha value is -0.780. The zero-order chi connectivity index (χ0) is 8.77. The average Bonchev–Trinajstić information content (AvgIpc) is 1.89. The normalized spacial score (nSPS) is 21.8. The number of hydrogen-bond donors (Lipinski definition) is 1. The molecule has 2 rings (SSSR count). The van der Waals surface area contributed by atoms with Crippen LogP contribution in [0.2, 0.25) is 0 Å². The van der Waals surface area contributed by atoms with E-state index in [-0.39, 0.29) is 0 Å². The standard InChI is InChI=1S/C11H14O/c1-11(2,12)10-6-5-8-3-4-9(8)7-10/h5,12H,3-4,6H2,1-2H3. The van der Waals surface area contributed by atoms with E-state index in [1.165, 1.54) is 17.6 Å². The molecule has 64 valence electrons. The van der Waals surface area contributed by atoms with Gasteiger partial charge in [0.05, 0.1) is 5.60 Å². The highest BCUT2D eigenvalue weighted by molar-refractivity contribution is 5.44. The molecule has 1 N–H and O–H groups in total. The van der Waals surface area contributed by atoms with Crippen molar-refractivity contribution in [3.05, 3.63) is 28.5 Å². The van der Waals surface area contributed by atoms with Gasteiger partial charge in [0.2, 0.25) is 0 Å². The van der Waals surface area contributed by atoms with Gasteiger partial charge in [0.1, 0.15) is 0 Å². The predicted octanol–water partition coefficient (Wildman–Crippen LogP) is 2.33. The van der Waals surface area contributed by atoms with Gasteiger partial charge >= 0.3 is 0 Å². The lowest BCUT2D eigenvalue weighted by atomic mass is 9.79. The van der Waals surface area contributed by atoms with Crippen molar-refractivity contribution in [1.29, 1.82) is 0 Å². The third kappa shape index (κ3) is 1.16. The van der Waals surface area contributed by atoms with E-state index < -0.39 is 5.60 Å². The molecule has 0 amide bonds. The Balaban J connectivity index is 2.38. The first-order valence-corrected chi connectivity index (χ1v) is 4.48. The summed E-state index contributed by atoms with van der Waals surface area (Å²) in [5.41, 5.74) is 6.41. The first-order chi connectivity index (χ1) is 5.57. The van der Waals surface area contributed by atoms with Crippen molar-refractivity contribution in [2.75, 3.05) is 0 Å². The molecular weight excluding hydrogens is 148 g/mol. The fourth-order valence-corrected chi connectivity index (χ4v) is 1.62. The van der Waals surface area contributed by atoms with E-state index in [1.54, 1.807) is 0 Å². The van der Waals surface area contributed by atoms with Crippen molar-refractivity contribution >= 4 is 0 Å². The molecule has 0 atom stereocenters. The molecule has 0 spiro atoms. The van der Waals surface area contributed by atoms with Gasteiger partial charge in [-0.25, -0.2) is 0 Å². The third-order valence-corrected chi connectivity index (χ3v) is 2.62. The van der Waals surface area contributed by atoms with Crippen LogP contribution in [0.1, 0.15) is 33.1 Å². The molecule has 0 aromatic heterocycles. The Kier molecular flexibility index (Phi) is 1.54. The number of fused-ring (bicyclic) bond motifs is 1. The summed E-state index contributed by atoms with van der Waals surface area (Å²) in [5.74, 6) is 0. The van der Waals surface area contributed by atoms with Gasteiger partial charge in [0, 0.05) is 5.57 Å². The van der Waals surface area contributed by atoms with Gasteiger partial charge in [0.15, 0.2) is 0 Å². The Bertz CT molecular complexity index is 306. The second kappa shape index (κ2) is 2.35. The van der Waals surface area contributed by atoms with Gasteiger partial charge in [0.25, 0.3) is 0 Å². The topological polar surface area (TPSA) is 20.2 Å². The summed E-state index contributed by atoms with van der Waals surface area (Å²) in [7, 11) is 0. The molecule has 0 saturated heterocycles. The quantitative estimate of drug-likeness (QED) is 0.587. The molecule has 0 aromatic carbocycles. The van der Waals surface area contributed by atoms with Gasteiger partial charge in [-0.3, -0.25) is 0 Å². The van der Waals surface area contributed by atoms with Crippen LogP contribution in [0.15, 0.2) is 28.5 Å². The van der Waals surface area contributed by atoms with E-state index in [1.807, 2.05) is 13.8 Å². The molecule has 12 heavy (non-hydrogen) atoms. The summed E-state index contributed by atoms with van der Waals surface area (Å²) in [6.07, 6.45) is 5.46. The second-order valence-corrected chi connectivity index (χ2v) is 4.07. The molecular formula is C11H14O. The molecule has 0 aliphatic heterocycles. The summed E-state index contributed by atoms with van der Waals surface area (Å²) >= 11 is 0. The molecule has 1 nitrogen and oxygen atoms in total. The number of aliphatic hydroxyl groups is 1. The highest BCUT2D eigenvalue weighted by atomic mass is 16.3. The maximum absolute atomic E-state index is 9.73. The van der Waals surface area contributed by atoms with Crippen LogP contribution < -0.4 is 0 Å². The minimum atomic E-state index is -0.690. The molecule has 2 aliphatic carbocycles. The number of rotatable bonds is 1. The monoisotopic (exact) mass is 162 g/mol. The van der Waals surface area contributed by atoms with Crippen LogP contribution in [0.3, 0.4) is 0 Å². The van der Waals surface area contributed by atoms with Crippen molar-refractivity contribution in [3.63, 3.8) is 0 Å². The van der Waals surface area contributed by atoms with Crippen LogP contribution in [0.4, 0.5) is 0 Å². The fourth-order valence-electron chi connectivity index (χ4n) is 1.62.